The Labute approximate surface area is 144 Å². The van der Waals surface area contributed by atoms with Crippen LogP contribution in [0.15, 0.2) is 41.9 Å². The molecule has 1 fully saturated rings. The number of rotatable bonds is 5. The van der Waals surface area contributed by atoms with Crippen molar-refractivity contribution in [2.24, 2.45) is 10.9 Å². The van der Waals surface area contributed by atoms with Crippen LogP contribution in [-0.4, -0.2) is 44.6 Å². The Morgan fingerprint density at radius 3 is 3.00 bits per heavy atom. The minimum Gasteiger partial charge on any atom is -0.356 e. The average Bonchev–Trinajstić information content (AvgIpc) is 2.55. The predicted molar refractivity (Wildman–Crippen MR) is 99.1 cm³/mol. The highest BCUT2D eigenvalue weighted by Crippen LogP contribution is 2.35. The molecule has 0 spiro atoms. The van der Waals surface area contributed by atoms with E-state index in [0.29, 0.717) is 18.5 Å². The van der Waals surface area contributed by atoms with E-state index in [9.17, 15) is 0 Å². The van der Waals surface area contributed by atoms with Gasteiger partial charge in [-0.05, 0) is 50.0 Å². The molecule has 4 nitrogen and oxygen atoms in total. The van der Waals surface area contributed by atoms with Crippen LogP contribution in [0.1, 0.15) is 24.4 Å². The molecule has 1 heterocycles. The molecule has 1 saturated heterocycles. The normalized spacial score (nSPS) is 22.7. The number of halogens is 1. The molecule has 0 bridgehead atoms. The van der Waals surface area contributed by atoms with Crippen LogP contribution in [0.4, 0.5) is 0 Å². The molecule has 1 aliphatic heterocycles. The molecule has 0 aliphatic carbocycles. The van der Waals surface area contributed by atoms with Crippen molar-refractivity contribution >= 4 is 17.6 Å². The van der Waals surface area contributed by atoms with Crippen molar-refractivity contribution in [3.05, 3.63) is 47.5 Å². The highest BCUT2D eigenvalue weighted by Gasteiger charge is 2.30. The zero-order valence-electron chi connectivity index (χ0n) is 14.1. The number of guanidine groups is 1. The second kappa shape index (κ2) is 8.94. The van der Waals surface area contributed by atoms with Gasteiger partial charge >= 0.3 is 0 Å². The molecular weight excluding hydrogens is 308 g/mol. The number of benzene rings is 1. The van der Waals surface area contributed by atoms with E-state index in [1.54, 1.807) is 7.05 Å². The highest BCUT2D eigenvalue weighted by atomic mass is 35.5. The summed E-state index contributed by atoms with van der Waals surface area (Å²) in [5.74, 6) is 1.34. The molecule has 2 N–H and O–H groups in total. The summed E-state index contributed by atoms with van der Waals surface area (Å²) < 4.78 is 0. The first kappa shape index (κ1) is 17.8. The number of hydrogen-bond donors (Lipinski definition) is 2. The van der Waals surface area contributed by atoms with Crippen LogP contribution in [0.25, 0.3) is 0 Å². The lowest BCUT2D eigenvalue weighted by Gasteiger charge is -2.40. The Balaban J connectivity index is 2.07. The van der Waals surface area contributed by atoms with Crippen LogP contribution >= 0.6 is 11.6 Å². The summed E-state index contributed by atoms with van der Waals surface area (Å²) >= 11 is 6.19. The molecule has 0 amide bonds. The van der Waals surface area contributed by atoms with Gasteiger partial charge in [0.05, 0.1) is 0 Å². The Morgan fingerprint density at radius 1 is 1.48 bits per heavy atom. The molecule has 1 aliphatic rings. The Kier molecular flexibility index (Phi) is 6.93. The fraction of sp³-hybridized carbons (Fsp3) is 0.500. The molecule has 0 aromatic heterocycles. The van der Waals surface area contributed by atoms with Crippen LogP contribution < -0.4 is 10.6 Å². The lowest BCUT2D eigenvalue weighted by molar-refractivity contribution is 0.122. The van der Waals surface area contributed by atoms with Crippen LogP contribution in [0.2, 0.25) is 5.02 Å². The summed E-state index contributed by atoms with van der Waals surface area (Å²) in [7, 11) is 3.99. The maximum Gasteiger partial charge on any atom is 0.191 e. The second-order valence-electron chi connectivity index (χ2n) is 6.01. The van der Waals surface area contributed by atoms with Crippen LogP contribution in [-0.2, 0) is 0 Å². The molecule has 23 heavy (non-hydrogen) atoms. The zero-order valence-corrected chi connectivity index (χ0v) is 14.8. The molecule has 5 heteroatoms. The summed E-state index contributed by atoms with van der Waals surface area (Å²) in [6, 6.07) is 8.62. The van der Waals surface area contributed by atoms with Crippen LogP contribution in [0, 0.1) is 5.92 Å². The fourth-order valence-electron chi connectivity index (χ4n) is 3.31. The summed E-state index contributed by atoms with van der Waals surface area (Å²) in [6.45, 7) is 6.44. The first-order valence-corrected chi connectivity index (χ1v) is 8.54. The molecule has 0 radical (unpaired) electrons. The molecule has 126 valence electrons. The van der Waals surface area contributed by atoms with E-state index in [1.165, 1.54) is 18.4 Å². The SMILES string of the molecule is C=CCNC(=NC)NCC1CCCN(C)C1c1cccc(Cl)c1. The van der Waals surface area contributed by atoms with Crippen molar-refractivity contribution in [1.29, 1.82) is 0 Å². The van der Waals surface area contributed by atoms with Gasteiger partial charge in [0.25, 0.3) is 0 Å². The van der Waals surface area contributed by atoms with Crippen LogP contribution in [0.3, 0.4) is 0 Å². The minimum absolute atomic E-state index is 0.382. The summed E-state index contributed by atoms with van der Waals surface area (Å²) in [5, 5.41) is 7.46. The van der Waals surface area contributed by atoms with E-state index in [2.05, 4.69) is 46.3 Å². The summed E-state index contributed by atoms with van der Waals surface area (Å²) in [6.07, 6.45) is 4.25. The van der Waals surface area contributed by atoms with Gasteiger partial charge in [-0.25, -0.2) is 0 Å². The van der Waals surface area contributed by atoms with Gasteiger partial charge in [0, 0.05) is 31.2 Å². The highest BCUT2D eigenvalue weighted by molar-refractivity contribution is 6.30. The largest absolute Gasteiger partial charge is 0.356 e. The number of nitrogens with one attached hydrogen (secondary N) is 2. The molecule has 2 unspecified atom stereocenters. The third kappa shape index (κ3) is 4.98. The van der Waals surface area contributed by atoms with Crippen LogP contribution in [0.5, 0.6) is 0 Å². The number of hydrogen-bond acceptors (Lipinski definition) is 2. The Hall–Kier alpha value is -1.52. The standard InChI is InChI=1S/C18H27ClN4/c1-4-10-21-18(20-2)22-13-15-8-6-11-23(3)17(15)14-7-5-9-16(19)12-14/h4-5,7,9,12,15,17H,1,6,8,10-11,13H2,2-3H3,(H2,20,21,22). The van der Waals surface area contributed by atoms with Gasteiger partial charge in [-0.15, -0.1) is 6.58 Å². The third-order valence-electron chi connectivity index (χ3n) is 4.37. The zero-order chi connectivity index (χ0) is 16.7. The molecular formula is C18H27ClN4. The maximum atomic E-state index is 6.19. The lowest BCUT2D eigenvalue weighted by atomic mass is 9.85. The monoisotopic (exact) mass is 334 g/mol. The lowest BCUT2D eigenvalue weighted by Crippen LogP contribution is -2.45. The van der Waals surface area contributed by atoms with Gasteiger partial charge < -0.3 is 10.6 Å². The maximum absolute atomic E-state index is 6.19. The molecule has 0 saturated carbocycles. The van der Waals surface area contributed by atoms with Gasteiger partial charge in [0.1, 0.15) is 0 Å². The number of likely N-dealkylation sites (tertiary alicyclic amines) is 1. The van der Waals surface area contributed by atoms with Crippen molar-refractivity contribution < 1.29 is 0 Å². The van der Waals surface area contributed by atoms with E-state index in [-0.39, 0.29) is 0 Å². The van der Waals surface area contributed by atoms with E-state index in [1.807, 2.05) is 18.2 Å². The number of aliphatic imine (C=N–C) groups is 1. The summed E-state index contributed by atoms with van der Waals surface area (Å²) in [4.78, 5) is 6.68. The Morgan fingerprint density at radius 2 is 2.30 bits per heavy atom. The van der Waals surface area contributed by atoms with E-state index >= 15 is 0 Å². The van der Waals surface area contributed by atoms with Crippen molar-refractivity contribution in [2.45, 2.75) is 18.9 Å². The second-order valence-corrected chi connectivity index (χ2v) is 6.44. The molecule has 1 aromatic carbocycles. The molecule has 1 aromatic rings. The predicted octanol–water partition coefficient (Wildman–Crippen LogP) is 3.07. The first-order chi connectivity index (χ1) is 11.2. The smallest absolute Gasteiger partial charge is 0.191 e. The number of piperidine rings is 1. The van der Waals surface area contributed by atoms with E-state index in [4.69, 9.17) is 11.6 Å². The Bertz CT molecular complexity index is 544. The van der Waals surface area contributed by atoms with E-state index < -0.39 is 0 Å². The minimum atomic E-state index is 0.382. The van der Waals surface area contributed by atoms with Gasteiger partial charge in [-0.1, -0.05) is 29.8 Å². The average molecular weight is 335 g/mol. The fourth-order valence-corrected chi connectivity index (χ4v) is 3.51. The summed E-state index contributed by atoms with van der Waals surface area (Å²) in [5.41, 5.74) is 1.29. The van der Waals surface area contributed by atoms with Gasteiger partial charge in [-0.3, -0.25) is 9.89 Å². The van der Waals surface area contributed by atoms with Crippen molar-refractivity contribution in [3.63, 3.8) is 0 Å². The topological polar surface area (TPSA) is 39.7 Å². The molecule has 2 rings (SSSR count). The van der Waals surface area contributed by atoms with Gasteiger partial charge in [0.2, 0.25) is 0 Å². The first-order valence-electron chi connectivity index (χ1n) is 8.16. The molecule has 2 atom stereocenters. The van der Waals surface area contributed by atoms with Crippen molar-refractivity contribution in [2.75, 3.05) is 33.7 Å². The number of nitrogens with zero attached hydrogens (tertiary/aromatic N) is 2. The van der Waals surface area contributed by atoms with Crippen molar-refractivity contribution in [1.82, 2.24) is 15.5 Å². The van der Waals surface area contributed by atoms with Gasteiger partial charge in [0.15, 0.2) is 5.96 Å². The van der Waals surface area contributed by atoms with Gasteiger partial charge in [-0.2, -0.15) is 0 Å². The third-order valence-corrected chi connectivity index (χ3v) is 4.60. The van der Waals surface area contributed by atoms with Crippen molar-refractivity contribution in [3.8, 4) is 0 Å². The quantitative estimate of drug-likeness (QED) is 0.494. The van der Waals surface area contributed by atoms with E-state index in [0.717, 1.165) is 24.1 Å².